The number of para-hydroxylation sites is 2. The number of anilines is 2. The molecule has 1 heterocycles. The summed E-state index contributed by atoms with van der Waals surface area (Å²) in [6.07, 6.45) is 0. The molecule has 1 aliphatic rings. The van der Waals surface area contributed by atoms with Crippen molar-refractivity contribution in [2.24, 2.45) is 4.40 Å². The van der Waals surface area contributed by atoms with Gasteiger partial charge in [-0.15, -0.1) is 4.40 Å². The van der Waals surface area contributed by atoms with Crippen molar-refractivity contribution in [3.05, 3.63) is 53.5 Å². The minimum absolute atomic E-state index is 0.00542. The molecule has 0 aliphatic carbocycles. The maximum absolute atomic E-state index is 14.7. The summed E-state index contributed by atoms with van der Waals surface area (Å²) in [6.45, 7) is 3.26. The van der Waals surface area contributed by atoms with E-state index in [2.05, 4.69) is 15.0 Å². The van der Waals surface area contributed by atoms with Crippen molar-refractivity contribution >= 4 is 33.2 Å². The van der Waals surface area contributed by atoms with Crippen LogP contribution in [0.3, 0.4) is 0 Å². The molecule has 0 spiro atoms. The van der Waals surface area contributed by atoms with E-state index in [0.717, 1.165) is 12.1 Å². The summed E-state index contributed by atoms with van der Waals surface area (Å²) in [7, 11) is -2.04. The number of nitrogens with one attached hydrogen (secondary N) is 2. The summed E-state index contributed by atoms with van der Waals surface area (Å²) in [5.41, 5.74) is 1.23. The third kappa shape index (κ3) is 4.52. The lowest BCUT2D eigenvalue weighted by molar-refractivity contribution is -0.137. The van der Waals surface area contributed by atoms with Crippen LogP contribution in [-0.2, 0) is 19.6 Å². The molecule has 0 aromatic heterocycles. The summed E-state index contributed by atoms with van der Waals surface area (Å²) in [4.78, 5) is 11.9. The van der Waals surface area contributed by atoms with Gasteiger partial charge in [0.1, 0.15) is 16.3 Å². The van der Waals surface area contributed by atoms with Crippen LogP contribution in [0.5, 0.6) is 11.5 Å². The van der Waals surface area contributed by atoms with Crippen molar-refractivity contribution in [3.63, 3.8) is 0 Å². The minimum atomic E-state index is -4.63. The second kappa shape index (κ2) is 9.27. The zero-order valence-corrected chi connectivity index (χ0v) is 18.7. The number of methoxy groups -OCH3 is 2. The number of amidine groups is 1. The second-order valence-electron chi connectivity index (χ2n) is 6.57. The average molecular weight is 463 g/mol. The lowest BCUT2D eigenvalue weighted by Gasteiger charge is -2.13. The standard InChI is InChI=1S/C21H22FN3O6S/c1-5-31-21(26)19-12(2)23-14-8-6-7-9-15(14)24-20(19)25-32(27,28)18-11-17(30-4)16(29-3)10-13(18)22/h6-11,23H,5H2,1-4H3,(H,24,25). The summed E-state index contributed by atoms with van der Waals surface area (Å²) >= 11 is 0. The van der Waals surface area contributed by atoms with Crippen LogP contribution in [0.15, 0.2) is 57.0 Å². The normalized spacial score (nSPS) is 14.7. The van der Waals surface area contributed by atoms with Crippen molar-refractivity contribution in [2.75, 3.05) is 31.5 Å². The molecule has 0 fully saturated rings. The van der Waals surface area contributed by atoms with Gasteiger partial charge in [-0.25, -0.2) is 9.18 Å². The van der Waals surface area contributed by atoms with Crippen LogP contribution in [-0.4, -0.2) is 41.0 Å². The smallest absolute Gasteiger partial charge is 0.343 e. The molecular weight excluding hydrogens is 441 g/mol. The van der Waals surface area contributed by atoms with E-state index in [4.69, 9.17) is 14.2 Å². The van der Waals surface area contributed by atoms with Crippen LogP contribution in [0.1, 0.15) is 13.8 Å². The highest BCUT2D eigenvalue weighted by atomic mass is 32.2. The Morgan fingerprint density at radius 1 is 1.06 bits per heavy atom. The summed E-state index contributed by atoms with van der Waals surface area (Å²) in [6, 6.07) is 8.75. The van der Waals surface area contributed by atoms with Gasteiger partial charge in [-0.3, -0.25) is 0 Å². The summed E-state index contributed by atoms with van der Waals surface area (Å²) in [5, 5.41) is 5.89. The Bertz CT molecular complexity index is 1220. The molecule has 0 bridgehead atoms. The SMILES string of the molecule is CCOC(=O)C1=C(C)Nc2ccccc2N/C1=N/S(=O)(=O)c1cc(OC)c(OC)cc1F. The lowest BCUT2D eigenvalue weighted by Crippen LogP contribution is -2.25. The van der Waals surface area contributed by atoms with Crippen molar-refractivity contribution in [2.45, 2.75) is 18.7 Å². The number of sulfonamides is 1. The Morgan fingerprint density at radius 2 is 1.66 bits per heavy atom. The van der Waals surface area contributed by atoms with Crippen LogP contribution in [0.2, 0.25) is 0 Å². The Hall–Kier alpha value is -3.60. The Labute approximate surface area is 185 Å². The van der Waals surface area contributed by atoms with E-state index in [1.807, 2.05) is 0 Å². The van der Waals surface area contributed by atoms with Crippen LogP contribution >= 0.6 is 0 Å². The van der Waals surface area contributed by atoms with Crippen molar-refractivity contribution < 1.29 is 31.8 Å². The van der Waals surface area contributed by atoms with Gasteiger partial charge < -0.3 is 24.8 Å². The largest absolute Gasteiger partial charge is 0.493 e. The molecular formula is C21H22FN3O6S. The van der Waals surface area contributed by atoms with E-state index in [1.165, 1.54) is 14.2 Å². The summed E-state index contributed by atoms with van der Waals surface area (Å²) in [5.74, 6) is -2.17. The highest BCUT2D eigenvalue weighted by Gasteiger charge is 2.29. The first-order chi connectivity index (χ1) is 15.2. The first-order valence-electron chi connectivity index (χ1n) is 9.49. The Balaban J connectivity index is 2.20. The maximum Gasteiger partial charge on any atom is 0.343 e. The average Bonchev–Trinajstić information content (AvgIpc) is 2.88. The zero-order valence-electron chi connectivity index (χ0n) is 17.9. The van der Waals surface area contributed by atoms with Crippen LogP contribution in [0.4, 0.5) is 15.8 Å². The molecule has 0 amide bonds. The van der Waals surface area contributed by atoms with Crippen molar-refractivity contribution in [1.82, 2.24) is 0 Å². The summed E-state index contributed by atoms with van der Waals surface area (Å²) < 4.78 is 59.8. The van der Waals surface area contributed by atoms with Crippen molar-refractivity contribution in [1.29, 1.82) is 0 Å². The number of carbonyl (C=O) groups is 1. The minimum Gasteiger partial charge on any atom is -0.493 e. The van der Waals surface area contributed by atoms with Gasteiger partial charge >= 0.3 is 5.97 Å². The highest BCUT2D eigenvalue weighted by molar-refractivity contribution is 7.90. The van der Waals surface area contributed by atoms with Crippen LogP contribution in [0, 0.1) is 5.82 Å². The third-order valence-corrected chi connectivity index (χ3v) is 5.81. The number of benzene rings is 2. The quantitative estimate of drug-likeness (QED) is 0.627. The molecule has 170 valence electrons. The number of halogens is 1. The molecule has 2 aromatic carbocycles. The lowest BCUT2D eigenvalue weighted by atomic mass is 10.2. The molecule has 2 N–H and O–H groups in total. The van der Waals surface area contributed by atoms with E-state index in [0.29, 0.717) is 17.1 Å². The van der Waals surface area contributed by atoms with E-state index in [1.54, 1.807) is 38.1 Å². The topological polar surface area (TPSA) is 115 Å². The number of fused-ring (bicyclic) bond motifs is 1. The van der Waals surface area contributed by atoms with E-state index in [9.17, 15) is 17.6 Å². The Morgan fingerprint density at radius 3 is 2.25 bits per heavy atom. The predicted octanol–water partition coefficient (Wildman–Crippen LogP) is 3.30. The van der Waals surface area contributed by atoms with Gasteiger partial charge in [0, 0.05) is 17.8 Å². The maximum atomic E-state index is 14.7. The monoisotopic (exact) mass is 463 g/mol. The number of carbonyl (C=O) groups excluding carboxylic acids is 1. The predicted molar refractivity (Wildman–Crippen MR) is 117 cm³/mol. The van der Waals surface area contributed by atoms with E-state index >= 15 is 0 Å². The van der Waals surface area contributed by atoms with E-state index in [-0.39, 0.29) is 29.5 Å². The van der Waals surface area contributed by atoms with Crippen LogP contribution in [0.25, 0.3) is 0 Å². The molecule has 32 heavy (non-hydrogen) atoms. The molecule has 0 unspecified atom stereocenters. The van der Waals surface area contributed by atoms with Gasteiger partial charge in [0.2, 0.25) is 0 Å². The number of allylic oxidation sites excluding steroid dienone is 1. The van der Waals surface area contributed by atoms with Crippen LogP contribution < -0.4 is 20.1 Å². The fraction of sp³-hybridized carbons (Fsp3) is 0.238. The number of hydrogen-bond acceptors (Lipinski definition) is 7. The molecule has 3 rings (SSSR count). The second-order valence-corrected chi connectivity index (χ2v) is 8.14. The van der Waals surface area contributed by atoms with Gasteiger partial charge in [0.15, 0.2) is 17.3 Å². The van der Waals surface area contributed by atoms with Gasteiger partial charge in [-0.05, 0) is 26.0 Å². The molecule has 0 radical (unpaired) electrons. The number of ether oxygens (including phenoxy) is 3. The van der Waals surface area contributed by atoms with Gasteiger partial charge in [0.05, 0.1) is 32.2 Å². The highest BCUT2D eigenvalue weighted by Crippen LogP contribution is 2.34. The molecule has 9 nitrogen and oxygen atoms in total. The zero-order chi connectivity index (χ0) is 23.5. The van der Waals surface area contributed by atoms with E-state index < -0.39 is 26.7 Å². The first kappa shape index (κ1) is 23.1. The van der Waals surface area contributed by atoms with Crippen molar-refractivity contribution in [3.8, 4) is 11.5 Å². The van der Waals surface area contributed by atoms with Gasteiger partial charge in [-0.2, -0.15) is 8.42 Å². The Kier molecular flexibility index (Phi) is 6.68. The number of esters is 1. The fourth-order valence-electron chi connectivity index (χ4n) is 3.06. The molecule has 0 saturated carbocycles. The number of nitrogens with zero attached hydrogens (tertiary/aromatic N) is 1. The molecule has 0 saturated heterocycles. The third-order valence-electron chi connectivity index (χ3n) is 4.52. The number of hydrogen-bond donors (Lipinski definition) is 2. The first-order valence-corrected chi connectivity index (χ1v) is 10.9. The molecule has 1 aliphatic heterocycles. The fourth-order valence-corrected chi connectivity index (χ4v) is 4.09. The number of rotatable bonds is 6. The molecule has 11 heteroatoms. The van der Waals surface area contributed by atoms with Gasteiger partial charge in [-0.1, -0.05) is 12.1 Å². The molecule has 2 aromatic rings. The van der Waals surface area contributed by atoms with Gasteiger partial charge in [0.25, 0.3) is 10.0 Å². The molecule has 0 atom stereocenters.